The molecule has 2 heterocycles. The normalized spacial score (nSPS) is 10.6. The number of aryl methyl sites for hydroxylation is 4. The molecule has 0 aliphatic heterocycles. The molecule has 0 spiro atoms. The van der Waals surface area contributed by atoms with Crippen LogP contribution in [0.1, 0.15) is 45.1 Å². The predicted molar refractivity (Wildman–Crippen MR) is 115 cm³/mol. The molecule has 0 bridgehead atoms. The minimum atomic E-state index is -0.235. The van der Waals surface area contributed by atoms with Gasteiger partial charge in [0, 0.05) is 29.1 Å². The highest BCUT2D eigenvalue weighted by Gasteiger charge is 2.11. The van der Waals surface area contributed by atoms with Crippen LogP contribution in [0.3, 0.4) is 0 Å². The molecule has 0 aliphatic rings. The molecule has 3 aromatic rings. The van der Waals surface area contributed by atoms with Crippen molar-refractivity contribution in [1.82, 2.24) is 15.3 Å². The monoisotopic (exact) mass is 408 g/mol. The van der Waals surface area contributed by atoms with Gasteiger partial charge in [0.05, 0.1) is 6.54 Å². The van der Waals surface area contributed by atoms with E-state index in [1.165, 1.54) is 0 Å². The number of benzene rings is 1. The number of nitrogens with zero attached hydrogens (tertiary/aromatic N) is 2. The summed E-state index contributed by atoms with van der Waals surface area (Å²) < 4.78 is 0. The summed E-state index contributed by atoms with van der Waals surface area (Å²) in [7, 11) is 0. The molecule has 29 heavy (non-hydrogen) atoms. The van der Waals surface area contributed by atoms with Crippen LogP contribution in [0.25, 0.3) is 0 Å². The second kappa shape index (κ2) is 9.43. The third kappa shape index (κ3) is 5.96. The number of hydrogen-bond acceptors (Lipinski definition) is 5. The van der Waals surface area contributed by atoms with Crippen molar-refractivity contribution in [3.63, 3.8) is 0 Å². The Labute approximate surface area is 174 Å². The SMILES string of the molecule is Cc1cc(C)nc(CNC(=O)c2ccc(C)c(NC(=O)CCc3ccsc3)c2)n1. The van der Waals surface area contributed by atoms with Crippen molar-refractivity contribution in [3.05, 3.63) is 75.0 Å². The molecule has 0 radical (unpaired) electrons. The van der Waals surface area contributed by atoms with Crippen LogP contribution in [0.5, 0.6) is 0 Å². The smallest absolute Gasteiger partial charge is 0.251 e. The van der Waals surface area contributed by atoms with E-state index in [0.717, 1.165) is 22.5 Å². The maximum Gasteiger partial charge on any atom is 0.251 e. The van der Waals surface area contributed by atoms with E-state index in [2.05, 4.69) is 20.6 Å². The maximum atomic E-state index is 12.5. The molecule has 7 heteroatoms. The van der Waals surface area contributed by atoms with Crippen LogP contribution in [0, 0.1) is 20.8 Å². The van der Waals surface area contributed by atoms with Gasteiger partial charge in [-0.05, 0) is 73.3 Å². The molecule has 1 aromatic carbocycles. The number of hydrogen-bond donors (Lipinski definition) is 2. The van der Waals surface area contributed by atoms with E-state index in [1.807, 2.05) is 49.7 Å². The van der Waals surface area contributed by atoms with Crippen molar-refractivity contribution in [3.8, 4) is 0 Å². The Morgan fingerprint density at radius 1 is 1.03 bits per heavy atom. The fraction of sp³-hybridized carbons (Fsp3) is 0.273. The van der Waals surface area contributed by atoms with Gasteiger partial charge in [-0.25, -0.2) is 9.97 Å². The second-order valence-corrected chi connectivity index (χ2v) is 7.74. The molecule has 0 fully saturated rings. The summed E-state index contributed by atoms with van der Waals surface area (Å²) in [6, 6.07) is 9.19. The number of rotatable bonds is 7. The molecule has 2 amide bonds. The van der Waals surface area contributed by atoms with Gasteiger partial charge in [0.15, 0.2) is 0 Å². The van der Waals surface area contributed by atoms with Crippen molar-refractivity contribution in [2.45, 2.75) is 40.2 Å². The van der Waals surface area contributed by atoms with Crippen LogP contribution in [-0.2, 0) is 17.8 Å². The van der Waals surface area contributed by atoms with Crippen LogP contribution in [-0.4, -0.2) is 21.8 Å². The topological polar surface area (TPSA) is 84.0 Å². The molecule has 2 aromatic heterocycles. The third-order valence-electron chi connectivity index (χ3n) is 4.43. The Balaban J connectivity index is 1.61. The minimum Gasteiger partial charge on any atom is -0.345 e. The first kappa shape index (κ1) is 20.7. The Morgan fingerprint density at radius 3 is 2.48 bits per heavy atom. The summed E-state index contributed by atoms with van der Waals surface area (Å²) in [5.74, 6) is 0.270. The van der Waals surface area contributed by atoms with Crippen molar-refractivity contribution in [1.29, 1.82) is 0 Å². The molecule has 3 rings (SSSR count). The van der Waals surface area contributed by atoms with Gasteiger partial charge in [-0.15, -0.1) is 0 Å². The summed E-state index contributed by atoms with van der Waals surface area (Å²) in [5, 5.41) is 9.80. The lowest BCUT2D eigenvalue weighted by Crippen LogP contribution is -2.24. The van der Waals surface area contributed by atoms with Crippen LogP contribution in [0.15, 0.2) is 41.1 Å². The van der Waals surface area contributed by atoms with Crippen molar-refractivity contribution >= 4 is 28.8 Å². The van der Waals surface area contributed by atoms with E-state index in [4.69, 9.17) is 0 Å². The molecule has 0 saturated heterocycles. The number of thiophene rings is 1. The van der Waals surface area contributed by atoms with Crippen molar-refractivity contribution in [2.75, 3.05) is 5.32 Å². The van der Waals surface area contributed by atoms with Crippen LogP contribution < -0.4 is 10.6 Å². The number of amides is 2. The Kier molecular flexibility index (Phi) is 6.72. The highest BCUT2D eigenvalue weighted by atomic mass is 32.1. The summed E-state index contributed by atoms with van der Waals surface area (Å²) in [6.07, 6.45) is 1.10. The quantitative estimate of drug-likeness (QED) is 0.620. The number of anilines is 1. The van der Waals surface area contributed by atoms with E-state index >= 15 is 0 Å². The molecule has 6 nitrogen and oxygen atoms in total. The first-order valence-electron chi connectivity index (χ1n) is 9.41. The highest BCUT2D eigenvalue weighted by molar-refractivity contribution is 7.07. The maximum absolute atomic E-state index is 12.5. The molecule has 0 unspecified atom stereocenters. The van der Waals surface area contributed by atoms with Crippen molar-refractivity contribution in [2.24, 2.45) is 0 Å². The van der Waals surface area contributed by atoms with Crippen LogP contribution in [0.2, 0.25) is 0 Å². The number of carbonyl (C=O) groups excluding carboxylic acids is 2. The highest BCUT2D eigenvalue weighted by Crippen LogP contribution is 2.18. The largest absolute Gasteiger partial charge is 0.345 e. The Bertz CT molecular complexity index is 995. The van der Waals surface area contributed by atoms with E-state index in [0.29, 0.717) is 29.9 Å². The third-order valence-corrected chi connectivity index (χ3v) is 5.16. The average molecular weight is 409 g/mol. The summed E-state index contributed by atoms with van der Waals surface area (Å²) in [5.41, 5.74) is 4.92. The van der Waals surface area contributed by atoms with E-state index in [-0.39, 0.29) is 18.4 Å². The number of nitrogens with one attached hydrogen (secondary N) is 2. The fourth-order valence-electron chi connectivity index (χ4n) is 2.94. The van der Waals surface area contributed by atoms with E-state index in [1.54, 1.807) is 23.5 Å². The van der Waals surface area contributed by atoms with E-state index < -0.39 is 0 Å². The lowest BCUT2D eigenvalue weighted by Gasteiger charge is -2.11. The Morgan fingerprint density at radius 2 is 1.79 bits per heavy atom. The van der Waals surface area contributed by atoms with Gasteiger partial charge in [0.2, 0.25) is 5.91 Å². The second-order valence-electron chi connectivity index (χ2n) is 6.96. The first-order chi connectivity index (χ1) is 13.9. The zero-order chi connectivity index (χ0) is 20.8. The molecule has 2 N–H and O–H groups in total. The van der Waals surface area contributed by atoms with Crippen LogP contribution in [0.4, 0.5) is 5.69 Å². The minimum absolute atomic E-state index is 0.0690. The molecule has 0 saturated carbocycles. The lowest BCUT2D eigenvalue weighted by atomic mass is 10.1. The van der Waals surface area contributed by atoms with Gasteiger partial charge < -0.3 is 10.6 Å². The van der Waals surface area contributed by atoms with Crippen molar-refractivity contribution < 1.29 is 9.59 Å². The first-order valence-corrected chi connectivity index (χ1v) is 10.4. The summed E-state index contributed by atoms with van der Waals surface area (Å²) >= 11 is 1.62. The van der Waals surface area contributed by atoms with E-state index in [9.17, 15) is 9.59 Å². The number of aromatic nitrogens is 2. The molecule has 0 atom stereocenters. The summed E-state index contributed by atoms with van der Waals surface area (Å²) in [6.45, 7) is 5.94. The molecule has 150 valence electrons. The fourth-order valence-corrected chi connectivity index (χ4v) is 3.65. The zero-order valence-corrected chi connectivity index (χ0v) is 17.6. The summed E-state index contributed by atoms with van der Waals surface area (Å²) in [4.78, 5) is 33.5. The number of carbonyl (C=O) groups is 2. The van der Waals surface area contributed by atoms with Gasteiger partial charge in [-0.2, -0.15) is 11.3 Å². The average Bonchev–Trinajstić information content (AvgIpc) is 3.19. The van der Waals surface area contributed by atoms with Crippen LogP contribution >= 0.6 is 11.3 Å². The standard InChI is InChI=1S/C22H24N4O2S/c1-14-4-6-18(22(28)23-12-20-24-15(2)10-16(3)25-20)11-19(14)26-21(27)7-5-17-8-9-29-13-17/h4,6,8-11,13H,5,7,12H2,1-3H3,(H,23,28)(H,26,27). The zero-order valence-electron chi connectivity index (χ0n) is 16.8. The lowest BCUT2D eigenvalue weighted by molar-refractivity contribution is -0.116. The van der Waals surface area contributed by atoms with Gasteiger partial charge >= 0.3 is 0 Å². The molecular weight excluding hydrogens is 384 g/mol. The van der Waals surface area contributed by atoms with Gasteiger partial charge in [0.25, 0.3) is 5.91 Å². The predicted octanol–water partition coefficient (Wildman–Crippen LogP) is 3.96. The van der Waals surface area contributed by atoms with Gasteiger partial charge in [-0.1, -0.05) is 6.07 Å². The molecule has 0 aliphatic carbocycles. The van der Waals surface area contributed by atoms with Gasteiger partial charge in [-0.3, -0.25) is 9.59 Å². The van der Waals surface area contributed by atoms with Gasteiger partial charge in [0.1, 0.15) is 5.82 Å². The molecular formula is C22H24N4O2S. The Hall–Kier alpha value is -3.06.